The topological polar surface area (TPSA) is 71.8 Å². The van der Waals surface area contributed by atoms with Crippen LogP contribution in [0.1, 0.15) is 18.2 Å². The number of halogens is 1. The Morgan fingerprint density at radius 3 is 2.76 bits per heavy atom. The SMILES string of the molecule is CCNCc1cn(CC(=O)NCc2ccc(F)cc2)nn1. The molecule has 0 saturated carbocycles. The molecule has 0 bridgehead atoms. The first kappa shape index (κ1) is 15.1. The summed E-state index contributed by atoms with van der Waals surface area (Å²) in [7, 11) is 0. The van der Waals surface area contributed by atoms with Crippen LogP contribution in [0.2, 0.25) is 0 Å². The summed E-state index contributed by atoms with van der Waals surface area (Å²) in [6.45, 7) is 3.96. The van der Waals surface area contributed by atoms with Gasteiger partial charge in [-0.2, -0.15) is 0 Å². The first-order chi connectivity index (χ1) is 10.2. The minimum atomic E-state index is -0.291. The van der Waals surface area contributed by atoms with E-state index < -0.39 is 0 Å². The Morgan fingerprint density at radius 1 is 1.29 bits per heavy atom. The molecule has 0 radical (unpaired) electrons. The highest BCUT2D eigenvalue weighted by molar-refractivity contribution is 5.75. The summed E-state index contributed by atoms with van der Waals surface area (Å²) in [5.41, 5.74) is 1.64. The third-order valence-corrected chi connectivity index (χ3v) is 2.85. The van der Waals surface area contributed by atoms with Crippen molar-refractivity contribution >= 4 is 5.91 Å². The average Bonchev–Trinajstić information content (AvgIpc) is 2.92. The van der Waals surface area contributed by atoms with E-state index in [1.165, 1.54) is 16.8 Å². The minimum Gasteiger partial charge on any atom is -0.350 e. The van der Waals surface area contributed by atoms with E-state index in [2.05, 4.69) is 20.9 Å². The maximum Gasteiger partial charge on any atom is 0.242 e. The molecule has 2 N–H and O–H groups in total. The smallest absolute Gasteiger partial charge is 0.242 e. The van der Waals surface area contributed by atoms with Gasteiger partial charge in [0.2, 0.25) is 5.91 Å². The van der Waals surface area contributed by atoms with Gasteiger partial charge in [-0.15, -0.1) is 5.10 Å². The quantitative estimate of drug-likeness (QED) is 0.793. The minimum absolute atomic E-state index is 0.111. The van der Waals surface area contributed by atoms with Crippen LogP contribution in [0.25, 0.3) is 0 Å². The van der Waals surface area contributed by atoms with E-state index in [4.69, 9.17) is 0 Å². The summed E-state index contributed by atoms with van der Waals surface area (Å²) in [6.07, 6.45) is 1.74. The number of nitrogens with zero attached hydrogens (tertiary/aromatic N) is 3. The Morgan fingerprint density at radius 2 is 2.05 bits per heavy atom. The van der Waals surface area contributed by atoms with Gasteiger partial charge in [0.1, 0.15) is 12.4 Å². The number of rotatable bonds is 7. The van der Waals surface area contributed by atoms with Gasteiger partial charge < -0.3 is 10.6 Å². The Labute approximate surface area is 122 Å². The maximum atomic E-state index is 12.8. The highest BCUT2D eigenvalue weighted by atomic mass is 19.1. The van der Waals surface area contributed by atoms with Crippen molar-refractivity contribution in [1.29, 1.82) is 0 Å². The number of carbonyl (C=O) groups is 1. The van der Waals surface area contributed by atoms with Gasteiger partial charge in [-0.25, -0.2) is 9.07 Å². The van der Waals surface area contributed by atoms with E-state index in [1.807, 2.05) is 6.92 Å². The normalized spacial score (nSPS) is 10.6. The molecule has 2 rings (SSSR count). The molecule has 6 nitrogen and oxygen atoms in total. The van der Waals surface area contributed by atoms with Gasteiger partial charge in [0.15, 0.2) is 0 Å². The van der Waals surface area contributed by atoms with E-state index in [0.29, 0.717) is 13.1 Å². The van der Waals surface area contributed by atoms with E-state index >= 15 is 0 Å². The average molecular weight is 291 g/mol. The number of benzene rings is 1. The molecule has 0 spiro atoms. The fraction of sp³-hybridized carbons (Fsp3) is 0.357. The van der Waals surface area contributed by atoms with Crippen molar-refractivity contribution in [3.8, 4) is 0 Å². The molecule has 1 amide bonds. The zero-order valence-corrected chi connectivity index (χ0v) is 11.8. The summed E-state index contributed by atoms with van der Waals surface area (Å²) in [4.78, 5) is 11.8. The Kier molecular flexibility index (Phi) is 5.39. The third-order valence-electron chi connectivity index (χ3n) is 2.85. The summed E-state index contributed by atoms with van der Waals surface area (Å²) >= 11 is 0. The Balaban J connectivity index is 1.78. The predicted octanol–water partition coefficient (Wildman–Crippen LogP) is 0.843. The van der Waals surface area contributed by atoms with Crippen LogP contribution in [0, 0.1) is 5.82 Å². The van der Waals surface area contributed by atoms with Crippen LogP contribution in [-0.2, 0) is 24.4 Å². The molecule has 112 valence electrons. The van der Waals surface area contributed by atoms with Crippen molar-refractivity contribution in [3.05, 3.63) is 47.5 Å². The molecule has 1 aromatic carbocycles. The molecule has 1 heterocycles. The molecule has 0 aliphatic carbocycles. The van der Waals surface area contributed by atoms with E-state index in [9.17, 15) is 9.18 Å². The lowest BCUT2D eigenvalue weighted by molar-refractivity contribution is -0.122. The van der Waals surface area contributed by atoms with Crippen molar-refractivity contribution in [2.24, 2.45) is 0 Å². The third kappa shape index (κ3) is 4.96. The first-order valence-electron chi connectivity index (χ1n) is 6.78. The largest absolute Gasteiger partial charge is 0.350 e. The number of aromatic nitrogens is 3. The molecule has 2 aromatic rings. The van der Waals surface area contributed by atoms with Gasteiger partial charge in [-0.05, 0) is 24.2 Å². The summed E-state index contributed by atoms with van der Waals surface area (Å²) in [6, 6.07) is 6.01. The van der Waals surface area contributed by atoms with Crippen molar-refractivity contribution in [2.75, 3.05) is 6.54 Å². The molecule has 0 saturated heterocycles. The molecular weight excluding hydrogens is 273 g/mol. The standard InChI is InChI=1S/C14H18FN5O/c1-2-16-8-13-9-20(19-18-13)10-14(21)17-7-11-3-5-12(15)6-4-11/h3-6,9,16H,2,7-8,10H2,1H3,(H,17,21). The number of nitrogens with one attached hydrogen (secondary N) is 2. The van der Waals surface area contributed by atoms with Crippen molar-refractivity contribution < 1.29 is 9.18 Å². The van der Waals surface area contributed by atoms with Crippen LogP contribution in [0.5, 0.6) is 0 Å². The highest BCUT2D eigenvalue weighted by Gasteiger charge is 2.06. The zero-order chi connectivity index (χ0) is 15.1. The summed E-state index contributed by atoms with van der Waals surface area (Å²) in [5, 5.41) is 13.7. The molecule has 0 unspecified atom stereocenters. The van der Waals surface area contributed by atoms with Gasteiger partial charge in [-0.3, -0.25) is 4.79 Å². The van der Waals surface area contributed by atoms with E-state index in [0.717, 1.165) is 17.8 Å². The zero-order valence-electron chi connectivity index (χ0n) is 11.8. The second kappa shape index (κ2) is 7.49. The summed E-state index contributed by atoms with van der Waals surface area (Å²) < 4.78 is 14.2. The van der Waals surface area contributed by atoms with Gasteiger partial charge in [0.05, 0.1) is 11.9 Å². The van der Waals surface area contributed by atoms with Crippen molar-refractivity contribution in [1.82, 2.24) is 25.6 Å². The fourth-order valence-electron chi connectivity index (χ4n) is 1.76. The lowest BCUT2D eigenvalue weighted by Gasteiger charge is -2.05. The van der Waals surface area contributed by atoms with E-state index in [-0.39, 0.29) is 18.3 Å². The number of hydrogen-bond acceptors (Lipinski definition) is 4. The maximum absolute atomic E-state index is 12.8. The molecule has 0 aliphatic rings. The highest BCUT2D eigenvalue weighted by Crippen LogP contribution is 2.02. The second-order valence-corrected chi connectivity index (χ2v) is 4.59. The van der Waals surface area contributed by atoms with Crippen LogP contribution in [-0.4, -0.2) is 27.4 Å². The fourth-order valence-corrected chi connectivity index (χ4v) is 1.76. The first-order valence-corrected chi connectivity index (χ1v) is 6.78. The Hall–Kier alpha value is -2.28. The molecule has 21 heavy (non-hydrogen) atoms. The van der Waals surface area contributed by atoms with Gasteiger partial charge in [-0.1, -0.05) is 24.3 Å². The van der Waals surface area contributed by atoms with Crippen LogP contribution < -0.4 is 10.6 Å². The van der Waals surface area contributed by atoms with Gasteiger partial charge >= 0.3 is 0 Å². The Bertz CT molecular complexity index is 581. The van der Waals surface area contributed by atoms with E-state index in [1.54, 1.807) is 18.3 Å². The van der Waals surface area contributed by atoms with Crippen LogP contribution in [0.4, 0.5) is 4.39 Å². The number of carbonyl (C=O) groups excluding carboxylic acids is 1. The monoisotopic (exact) mass is 291 g/mol. The molecule has 0 fully saturated rings. The predicted molar refractivity (Wildman–Crippen MR) is 75.6 cm³/mol. The number of amides is 1. The molecule has 0 atom stereocenters. The molecule has 1 aromatic heterocycles. The van der Waals surface area contributed by atoms with Crippen LogP contribution in [0.15, 0.2) is 30.5 Å². The van der Waals surface area contributed by atoms with Crippen LogP contribution >= 0.6 is 0 Å². The summed E-state index contributed by atoms with van der Waals surface area (Å²) in [5.74, 6) is -0.458. The molecule has 7 heteroatoms. The van der Waals surface area contributed by atoms with Crippen LogP contribution in [0.3, 0.4) is 0 Å². The lowest BCUT2D eigenvalue weighted by Crippen LogP contribution is -2.27. The van der Waals surface area contributed by atoms with Crippen molar-refractivity contribution in [3.63, 3.8) is 0 Å². The number of hydrogen-bond donors (Lipinski definition) is 2. The van der Waals surface area contributed by atoms with Crippen molar-refractivity contribution in [2.45, 2.75) is 26.6 Å². The van der Waals surface area contributed by atoms with Gasteiger partial charge in [0.25, 0.3) is 0 Å². The van der Waals surface area contributed by atoms with Gasteiger partial charge in [0, 0.05) is 13.1 Å². The second-order valence-electron chi connectivity index (χ2n) is 4.59. The lowest BCUT2D eigenvalue weighted by atomic mass is 10.2. The molecular formula is C14H18FN5O. The molecule has 0 aliphatic heterocycles.